The highest BCUT2D eigenvalue weighted by Gasteiger charge is 2.06. The molecule has 3 N–H and O–H groups in total. The zero-order chi connectivity index (χ0) is 12.1. The summed E-state index contributed by atoms with van der Waals surface area (Å²) in [6, 6.07) is 3.37. The van der Waals surface area contributed by atoms with Crippen molar-refractivity contribution in [1.82, 2.24) is 10.3 Å². The lowest BCUT2D eigenvalue weighted by Crippen LogP contribution is -2.37. The smallest absolute Gasteiger partial charge is 0.236 e. The maximum Gasteiger partial charge on any atom is 0.236 e. The molecule has 0 aliphatic carbocycles. The first kappa shape index (κ1) is 12.4. The maximum absolute atomic E-state index is 11.2. The molecule has 88 valence electrons. The number of pyridine rings is 1. The molecule has 0 saturated carbocycles. The van der Waals surface area contributed by atoms with Crippen molar-refractivity contribution in [3.05, 3.63) is 23.9 Å². The molecule has 0 fully saturated rings. The van der Waals surface area contributed by atoms with E-state index in [0.29, 0.717) is 6.54 Å². The number of hydrogen-bond acceptors (Lipinski definition) is 4. The summed E-state index contributed by atoms with van der Waals surface area (Å²) in [6.07, 6.45) is 1.75. The van der Waals surface area contributed by atoms with E-state index in [1.165, 1.54) is 0 Å². The van der Waals surface area contributed by atoms with Gasteiger partial charge in [0, 0.05) is 26.8 Å². The molecule has 0 aromatic carbocycles. The predicted molar refractivity (Wildman–Crippen MR) is 64.1 cm³/mol. The second-order valence-corrected chi connectivity index (χ2v) is 3.93. The minimum Gasteiger partial charge on any atom is -0.363 e. The summed E-state index contributed by atoms with van der Waals surface area (Å²) < 4.78 is 0. The van der Waals surface area contributed by atoms with Crippen LogP contribution in [0.4, 0.5) is 5.82 Å². The van der Waals surface area contributed by atoms with Crippen molar-refractivity contribution in [2.75, 3.05) is 19.0 Å². The van der Waals surface area contributed by atoms with Crippen molar-refractivity contribution in [3.63, 3.8) is 0 Å². The number of amides is 1. The van der Waals surface area contributed by atoms with E-state index in [-0.39, 0.29) is 5.91 Å². The van der Waals surface area contributed by atoms with Gasteiger partial charge in [-0.05, 0) is 18.6 Å². The molecule has 1 aromatic heterocycles. The van der Waals surface area contributed by atoms with Crippen molar-refractivity contribution in [3.8, 4) is 0 Å². The van der Waals surface area contributed by atoms with E-state index < -0.39 is 6.04 Å². The summed E-state index contributed by atoms with van der Waals surface area (Å²) in [4.78, 5) is 17.4. The molecule has 0 unspecified atom stereocenters. The number of hydrogen-bond donors (Lipinski definition) is 2. The zero-order valence-electron chi connectivity index (χ0n) is 9.90. The standard InChI is InChI=1S/C11H18N4O/c1-8(12)11(16)14-7-9-4-5-10(13-6-9)15(2)3/h4-6,8H,7,12H2,1-3H3,(H,14,16)/t8-/m0/s1. The lowest BCUT2D eigenvalue weighted by molar-refractivity contribution is -0.122. The third-order valence-electron chi connectivity index (χ3n) is 2.15. The number of nitrogens with one attached hydrogen (secondary N) is 1. The normalized spacial score (nSPS) is 12.0. The molecule has 16 heavy (non-hydrogen) atoms. The van der Waals surface area contributed by atoms with Gasteiger partial charge < -0.3 is 16.0 Å². The van der Waals surface area contributed by atoms with Gasteiger partial charge in [0.1, 0.15) is 5.82 Å². The van der Waals surface area contributed by atoms with E-state index in [0.717, 1.165) is 11.4 Å². The molecule has 1 heterocycles. The van der Waals surface area contributed by atoms with Gasteiger partial charge in [-0.15, -0.1) is 0 Å². The molecule has 0 aliphatic heterocycles. The maximum atomic E-state index is 11.2. The molecule has 5 heteroatoms. The van der Waals surface area contributed by atoms with Gasteiger partial charge in [-0.1, -0.05) is 6.07 Å². The van der Waals surface area contributed by atoms with Crippen LogP contribution < -0.4 is 16.0 Å². The fraction of sp³-hybridized carbons (Fsp3) is 0.455. The second-order valence-electron chi connectivity index (χ2n) is 3.93. The number of nitrogens with zero attached hydrogens (tertiary/aromatic N) is 2. The van der Waals surface area contributed by atoms with Crippen LogP contribution in [0.25, 0.3) is 0 Å². The average Bonchev–Trinajstić information content (AvgIpc) is 2.26. The molecule has 1 atom stereocenters. The third kappa shape index (κ3) is 3.51. The fourth-order valence-electron chi connectivity index (χ4n) is 1.14. The van der Waals surface area contributed by atoms with Crippen LogP contribution in [0.2, 0.25) is 0 Å². The van der Waals surface area contributed by atoms with Crippen LogP contribution in [-0.2, 0) is 11.3 Å². The van der Waals surface area contributed by atoms with Crippen LogP contribution >= 0.6 is 0 Å². The topological polar surface area (TPSA) is 71.2 Å². The van der Waals surface area contributed by atoms with Crippen LogP contribution in [0.15, 0.2) is 18.3 Å². The van der Waals surface area contributed by atoms with Gasteiger partial charge in [0.05, 0.1) is 6.04 Å². The van der Waals surface area contributed by atoms with Crippen molar-refractivity contribution in [2.45, 2.75) is 19.5 Å². The number of anilines is 1. The minimum absolute atomic E-state index is 0.156. The summed E-state index contributed by atoms with van der Waals surface area (Å²) in [5, 5.41) is 2.73. The quantitative estimate of drug-likeness (QED) is 0.758. The number of rotatable bonds is 4. The Balaban J connectivity index is 2.53. The van der Waals surface area contributed by atoms with Crippen LogP contribution in [0.3, 0.4) is 0 Å². The predicted octanol–water partition coefficient (Wildman–Crippen LogP) is 0.111. The highest BCUT2D eigenvalue weighted by Crippen LogP contribution is 2.07. The van der Waals surface area contributed by atoms with Crippen molar-refractivity contribution in [1.29, 1.82) is 0 Å². The fourth-order valence-corrected chi connectivity index (χ4v) is 1.14. The number of aromatic nitrogens is 1. The summed E-state index contributed by atoms with van der Waals surface area (Å²) in [7, 11) is 3.86. The molecular formula is C11H18N4O. The Hall–Kier alpha value is -1.62. The summed E-state index contributed by atoms with van der Waals surface area (Å²) >= 11 is 0. The number of nitrogens with two attached hydrogens (primary N) is 1. The van der Waals surface area contributed by atoms with Gasteiger partial charge in [0.15, 0.2) is 0 Å². The molecular weight excluding hydrogens is 204 g/mol. The molecule has 1 rings (SSSR count). The van der Waals surface area contributed by atoms with E-state index >= 15 is 0 Å². The summed E-state index contributed by atoms with van der Waals surface area (Å²) in [5.74, 6) is 0.735. The molecule has 0 saturated heterocycles. The van der Waals surface area contributed by atoms with Gasteiger partial charge in [-0.25, -0.2) is 4.98 Å². The van der Waals surface area contributed by atoms with E-state index in [4.69, 9.17) is 5.73 Å². The van der Waals surface area contributed by atoms with Crippen molar-refractivity contribution in [2.24, 2.45) is 5.73 Å². The Kier molecular flexibility index (Phi) is 4.25. The Morgan fingerprint density at radius 2 is 2.25 bits per heavy atom. The molecule has 0 bridgehead atoms. The molecule has 0 aliphatic rings. The SMILES string of the molecule is C[C@H](N)C(=O)NCc1ccc(N(C)C)nc1. The van der Waals surface area contributed by atoms with Gasteiger partial charge in [-0.3, -0.25) is 4.79 Å². The van der Waals surface area contributed by atoms with Crippen LogP contribution in [0.5, 0.6) is 0 Å². The van der Waals surface area contributed by atoms with Gasteiger partial charge in [0.2, 0.25) is 5.91 Å². The molecule has 1 amide bonds. The Morgan fingerprint density at radius 1 is 1.56 bits per heavy atom. The summed E-state index contributed by atoms with van der Waals surface area (Å²) in [6.45, 7) is 2.11. The highest BCUT2D eigenvalue weighted by atomic mass is 16.2. The highest BCUT2D eigenvalue weighted by molar-refractivity contribution is 5.80. The number of carbonyl (C=O) groups is 1. The Bertz CT molecular complexity index is 346. The van der Waals surface area contributed by atoms with Gasteiger partial charge in [0.25, 0.3) is 0 Å². The first-order chi connectivity index (χ1) is 7.50. The van der Waals surface area contributed by atoms with Crippen LogP contribution in [0, 0.1) is 0 Å². The Morgan fingerprint density at radius 3 is 2.69 bits per heavy atom. The second kappa shape index (κ2) is 5.46. The third-order valence-corrected chi connectivity index (χ3v) is 2.15. The average molecular weight is 222 g/mol. The summed E-state index contributed by atoms with van der Waals surface area (Å²) in [5.41, 5.74) is 6.39. The first-order valence-corrected chi connectivity index (χ1v) is 5.16. The monoisotopic (exact) mass is 222 g/mol. The zero-order valence-corrected chi connectivity index (χ0v) is 9.90. The van der Waals surface area contributed by atoms with Gasteiger partial charge in [-0.2, -0.15) is 0 Å². The van der Waals surface area contributed by atoms with Crippen LogP contribution in [-0.4, -0.2) is 31.0 Å². The number of carbonyl (C=O) groups excluding carboxylic acids is 1. The largest absolute Gasteiger partial charge is 0.363 e. The van der Waals surface area contributed by atoms with Crippen molar-refractivity contribution >= 4 is 11.7 Å². The van der Waals surface area contributed by atoms with E-state index in [9.17, 15) is 4.79 Å². The van der Waals surface area contributed by atoms with E-state index in [1.54, 1.807) is 13.1 Å². The lowest BCUT2D eigenvalue weighted by atomic mass is 10.2. The molecule has 0 radical (unpaired) electrons. The molecule has 1 aromatic rings. The minimum atomic E-state index is -0.478. The van der Waals surface area contributed by atoms with E-state index in [2.05, 4.69) is 10.3 Å². The lowest BCUT2D eigenvalue weighted by Gasteiger charge is -2.12. The molecule has 5 nitrogen and oxygen atoms in total. The first-order valence-electron chi connectivity index (χ1n) is 5.16. The Labute approximate surface area is 95.7 Å². The van der Waals surface area contributed by atoms with Crippen molar-refractivity contribution < 1.29 is 4.79 Å². The van der Waals surface area contributed by atoms with E-state index in [1.807, 2.05) is 31.1 Å². The van der Waals surface area contributed by atoms with Gasteiger partial charge >= 0.3 is 0 Å². The molecule has 0 spiro atoms. The van der Waals surface area contributed by atoms with Crippen LogP contribution in [0.1, 0.15) is 12.5 Å².